The van der Waals surface area contributed by atoms with Crippen molar-refractivity contribution < 1.29 is 4.79 Å². The van der Waals surface area contributed by atoms with Crippen molar-refractivity contribution >= 4 is 34.5 Å². The van der Waals surface area contributed by atoms with Gasteiger partial charge in [-0.2, -0.15) is 0 Å². The second kappa shape index (κ2) is 10.3. The summed E-state index contributed by atoms with van der Waals surface area (Å²) in [6.07, 6.45) is 3.25. The molecule has 1 fully saturated rings. The number of hydrogen-bond acceptors (Lipinski definition) is 5. The summed E-state index contributed by atoms with van der Waals surface area (Å²) in [7, 11) is 0. The van der Waals surface area contributed by atoms with Gasteiger partial charge in [0.05, 0.1) is 12.5 Å². The Hall–Kier alpha value is -3.71. The number of piperidine rings is 1. The largest absolute Gasteiger partial charge is 0.352 e. The number of carbonyl (C=O) groups is 1. The van der Waals surface area contributed by atoms with Crippen LogP contribution in [0.15, 0.2) is 77.7 Å². The van der Waals surface area contributed by atoms with E-state index in [1.54, 1.807) is 10.8 Å². The van der Waals surface area contributed by atoms with Crippen LogP contribution in [0.3, 0.4) is 0 Å². The number of benzene rings is 2. The van der Waals surface area contributed by atoms with E-state index < -0.39 is 0 Å². The molecule has 0 bridgehead atoms. The van der Waals surface area contributed by atoms with Crippen molar-refractivity contribution in [1.82, 2.24) is 19.9 Å². The first kappa shape index (κ1) is 23.1. The Morgan fingerprint density at radius 2 is 1.89 bits per heavy atom. The van der Waals surface area contributed by atoms with Crippen molar-refractivity contribution in [1.29, 1.82) is 0 Å². The molecule has 0 aliphatic carbocycles. The third-order valence-electron chi connectivity index (χ3n) is 6.32. The second-order valence-electron chi connectivity index (χ2n) is 8.79. The summed E-state index contributed by atoms with van der Waals surface area (Å²) in [4.78, 5) is 37.6. The van der Waals surface area contributed by atoms with Crippen LogP contribution in [0.25, 0.3) is 11.2 Å². The maximum atomic E-state index is 13.6. The number of pyridine rings is 1. The summed E-state index contributed by atoms with van der Waals surface area (Å²) < 4.78 is 1.68. The van der Waals surface area contributed by atoms with Gasteiger partial charge in [0.1, 0.15) is 5.52 Å². The van der Waals surface area contributed by atoms with Gasteiger partial charge in [0.25, 0.3) is 5.56 Å². The zero-order valence-electron chi connectivity index (χ0n) is 19.2. The zero-order valence-corrected chi connectivity index (χ0v) is 20.0. The molecule has 2 aromatic heterocycles. The monoisotopic (exact) mass is 487 g/mol. The fourth-order valence-corrected chi connectivity index (χ4v) is 4.76. The summed E-state index contributed by atoms with van der Waals surface area (Å²) in [5.74, 6) is 0.117. The molecule has 5 rings (SSSR count). The molecule has 7 nitrogen and oxygen atoms in total. The maximum absolute atomic E-state index is 13.6. The topological polar surface area (TPSA) is 80.1 Å². The van der Waals surface area contributed by atoms with Gasteiger partial charge < -0.3 is 10.2 Å². The Morgan fingerprint density at radius 3 is 2.71 bits per heavy atom. The van der Waals surface area contributed by atoms with Gasteiger partial charge in [-0.25, -0.2) is 9.97 Å². The predicted octanol–water partition coefficient (Wildman–Crippen LogP) is 4.03. The maximum Gasteiger partial charge on any atom is 0.295 e. The van der Waals surface area contributed by atoms with Crippen LogP contribution in [-0.4, -0.2) is 33.5 Å². The van der Waals surface area contributed by atoms with Crippen molar-refractivity contribution in [2.45, 2.75) is 25.9 Å². The fraction of sp³-hybridized carbons (Fsp3) is 0.259. The van der Waals surface area contributed by atoms with Crippen molar-refractivity contribution in [2.75, 3.05) is 18.0 Å². The molecule has 0 saturated carbocycles. The van der Waals surface area contributed by atoms with Gasteiger partial charge in [-0.05, 0) is 48.2 Å². The molecule has 8 heteroatoms. The van der Waals surface area contributed by atoms with E-state index in [9.17, 15) is 9.59 Å². The fourth-order valence-electron chi connectivity index (χ4n) is 4.55. The number of nitrogens with zero attached hydrogens (tertiary/aromatic N) is 4. The average molecular weight is 488 g/mol. The van der Waals surface area contributed by atoms with E-state index in [1.165, 1.54) is 0 Å². The van der Waals surface area contributed by atoms with Crippen LogP contribution in [-0.2, 0) is 17.9 Å². The van der Waals surface area contributed by atoms with E-state index in [2.05, 4.69) is 15.3 Å². The molecule has 1 aliphatic heterocycles. The highest BCUT2D eigenvalue weighted by molar-refractivity contribution is 6.30. The van der Waals surface area contributed by atoms with Gasteiger partial charge in [-0.15, -0.1) is 0 Å². The number of aromatic nitrogens is 3. The minimum Gasteiger partial charge on any atom is -0.352 e. The third kappa shape index (κ3) is 5.20. The minimum atomic E-state index is -0.226. The smallest absolute Gasteiger partial charge is 0.295 e. The summed E-state index contributed by atoms with van der Waals surface area (Å²) in [5, 5.41) is 3.66. The molecule has 1 saturated heterocycles. The molecule has 0 spiro atoms. The molecule has 1 N–H and O–H groups in total. The molecule has 178 valence electrons. The van der Waals surface area contributed by atoms with Crippen LogP contribution in [0, 0.1) is 5.92 Å². The number of halogens is 1. The van der Waals surface area contributed by atoms with Gasteiger partial charge >= 0.3 is 0 Å². The molecular formula is C27H26ClN5O2. The Morgan fingerprint density at radius 1 is 1.06 bits per heavy atom. The van der Waals surface area contributed by atoms with Crippen LogP contribution in [0.1, 0.15) is 24.0 Å². The van der Waals surface area contributed by atoms with Gasteiger partial charge in [-0.3, -0.25) is 14.2 Å². The summed E-state index contributed by atoms with van der Waals surface area (Å²) in [6, 6.07) is 21.0. The van der Waals surface area contributed by atoms with Crippen LogP contribution in [0.2, 0.25) is 5.02 Å². The second-order valence-corrected chi connectivity index (χ2v) is 9.23. The van der Waals surface area contributed by atoms with Crippen molar-refractivity contribution in [3.05, 3.63) is 99.4 Å². The molecule has 0 radical (unpaired) electrons. The highest BCUT2D eigenvalue weighted by atomic mass is 35.5. The van der Waals surface area contributed by atoms with Crippen LogP contribution in [0.4, 0.5) is 5.82 Å². The molecule has 35 heavy (non-hydrogen) atoms. The van der Waals surface area contributed by atoms with Gasteiger partial charge in [0, 0.05) is 30.9 Å². The predicted molar refractivity (Wildman–Crippen MR) is 138 cm³/mol. The lowest BCUT2D eigenvalue weighted by molar-refractivity contribution is -0.125. The quantitative estimate of drug-likeness (QED) is 0.444. The first-order valence-corrected chi connectivity index (χ1v) is 12.1. The third-order valence-corrected chi connectivity index (χ3v) is 6.55. The highest BCUT2D eigenvalue weighted by Gasteiger charge is 2.28. The van der Waals surface area contributed by atoms with Crippen molar-refractivity contribution in [3.63, 3.8) is 0 Å². The zero-order chi connectivity index (χ0) is 24.2. The summed E-state index contributed by atoms with van der Waals surface area (Å²) in [6.45, 7) is 1.94. The molecular weight excluding hydrogens is 462 g/mol. The number of fused-ring (bicyclic) bond motifs is 1. The standard InChI is InChI=1S/C27H26ClN5O2/c28-22-11-4-9-20(15-22)16-30-26(34)21-10-6-14-32(18-21)25-27(35)33(17-19-7-2-1-3-8-19)24-23(31-25)12-5-13-29-24/h1-5,7-9,11-13,15,21H,6,10,14,16-18H2,(H,30,34)/t21-/m1/s1. The van der Waals surface area contributed by atoms with Crippen LogP contribution in [0.5, 0.6) is 0 Å². The molecule has 3 heterocycles. The normalized spacial score (nSPS) is 15.8. The SMILES string of the molecule is O=C(NCc1cccc(Cl)c1)[C@@H]1CCCN(c2nc3cccnc3n(Cc3ccccc3)c2=O)C1. The van der Waals surface area contributed by atoms with Crippen molar-refractivity contribution in [3.8, 4) is 0 Å². The molecule has 2 aromatic carbocycles. The average Bonchev–Trinajstić information content (AvgIpc) is 2.89. The van der Waals surface area contributed by atoms with Gasteiger partial charge in [-0.1, -0.05) is 54.1 Å². The van der Waals surface area contributed by atoms with Gasteiger partial charge in [0.2, 0.25) is 5.91 Å². The Kier molecular flexibility index (Phi) is 6.77. The van der Waals surface area contributed by atoms with Crippen LogP contribution >= 0.6 is 11.6 Å². The lowest BCUT2D eigenvalue weighted by Gasteiger charge is -2.32. The van der Waals surface area contributed by atoms with E-state index in [0.29, 0.717) is 48.2 Å². The highest BCUT2D eigenvalue weighted by Crippen LogP contribution is 2.22. The minimum absolute atomic E-state index is 0.0262. The molecule has 1 atom stereocenters. The first-order valence-electron chi connectivity index (χ1n) is 11.7. The molecule has 0 unspecified atom stereocenters. The molecule has 1 amide bonds. The first-order chi connectivity index (χ1) is 17.1. The van der Waals surface area contributed by atoms with E-state index in [1.807, 2.05) is 71.6 Å². The molecule has 4 aromatic rings. The number of carbonyl (C=O) groups excluding carboxylic acids is 1. The van der Waals surface area contributed by atoms with E-state index >= 15 is 0 Å². The number of rotatable bonds is 6. The van der Waals surface area contributed by atoms with E-state index in [4.69, 9.17) is 11.6 Å². The van der Waals surface area contributed by atoms with Crippen molar-refractivity contribution in [2.24, 2.45) is 5.92 Å². The van der Waals surface area contributed by atoms with Crippen LogP contribution < -0.4 is 15.8 Å². The van der Waals surface area contributed by atoms with E-state index in [-0.39, 0.29) is 17.4 Å². The van der Waals surface area contributed by atoms with E-state index in [0.717, 1.165) is 24.0 Å². The lowest BCUT2D eigenvalue weighted by Crippen LogP contribution is -2.45. The Bertz CT molecular complexity index is 1410. The Labute approximate surface area is 208 Å². The Balaban J connectivity index is 1.39. The molecule has 1 aliphatic rings. The number of hydrogen-bond donors (Lipinski definition) is 1. The van der Waals surface area contributed by atoms with Gasteiger partial charge in [0.15, 0.2) is 11.5 Å². The number of anilines is 1. The summed E-state index contributed by atoms with van der Waals surface area (Å²) >= 11 is 6.05. The summed E-state index contributed by atoms with van der Waals surface area (Å²) in [5.41, 5.74) is 2.98. The number of amides is 1. The lowest BCUT2D eigenvalue weighted by atomic mass is 9.97. The number of nitrogens with one attached hydrogen (secondary N) is 1.